The number of nitrogens with two attached hydrogens (primary N) is 1. The molecule has 0 bridgehead atoms. The minimum Gasteiger partial charge on any atom is -0.366 e. The largest absolute Gasteiger partial charge is 0.366 e. The monoisotopic (exact) mass is 358 g/mol. The zero-order valence-electron chi connectivity index (χ0n) is 15.1. The van der Waals surface area contributed by atoms with Gasteiger partial charge in [0.25, 0.3) is 5.91 Å². The van der Waals surface area contributed by atoms with Crippen LogP contribution in [0.5, 0.6) is 0 Å². The zero-order chi connectivity index (χ0) is 18.8. The minimum atomic E-state index is -0.595. The van der Waals surface area contributed by atoms with Gasteiger partial charge in [0, 0.05) is 43.3 Å². The van der Waals surface area contributed by atoms with E-state index in [0.29, 0.717) is 23.5 Å². The normalized spacial score (nSPS) is 20.8. The van der Waals surface area contributed by atoms with E-state index in [4.69, 9.17) is 5.73 Å². The van der Waals surface area contributed by atoms with E-state index in [1.54, 1.807) is 12.1 Å². The lowest BCUT2D eigenvalue weighted by molar-refractivity contribution is 0.0999. The predicted octanol–water partition coefficient (Wildman–Crippen LogP) is 1.99. The summed E-state index contributed by atoms with van der Waals surface area (Å²) in [6.45, 7) is 5.84. The van der Waals surface area contributed by atoms with Crippen LogP contribution in [0.3, 0.4) is 0 Å². The van der Waals surface area contributed by atoms with Gasteiger partial charge in [-0.2, -0.15) is 0 Å². The number of aromatic nitrogens is 2. The Morgan fingerprint density at radius 2 is 1.85 bits per heavy atom. The van der Waals surface area contributed by atoms with E-state index in [9.17, 15) is 9.18 Å². The van der Waals surface area contributed by atoms with Crippen LogP contribution in [0, 0.1) is 5.82 Å². The maximum absolute atomic E-state index is 14.7. The van der Waals surface area contributed by atoms with Crippen LogP contribution in [0.4, 0.5) is 21.7 Å². The van der Waals surface area contributed by atoms with Crippen LogP contribution in [0.15, 0.2) is 30.6 Å². The summed E-state index contributed by atoms with van der Waals surface area (Å²) in [6, 6.07) is 5.69. The van der Waals surface area contributed by atoms with Gasteiger partial charge in [0.1, 0.15) is 5.82 Å². The van der Waals surface area contributed by atoms with Gasteiger partial charge in [-0.05, 0) is 39.1 Å². The first-order chi connectivity index (χ1) is 12.3. The van der Waals surface area contributed by atoms with E-state index < -0.39 is 5.91 Å². The number of amides is 1. The van der Waals surface area contributed by atoms with Crippen molar-refractivity contribution in [3.05, 3.63) is 42.0 Å². The quantitative estimate of drug-likeness (QED) is 0.869. The predicted molar refractivity (Wildman–Crippen MR) is 99.1 cm³/mol. The van der Waals surface area contributed by atoms with E-state index in [-0.39, 0.29) is 17.3 Å². The van der Waals surface area contributed by atoms with Crippen LogP contribution in [-0.4, -0.2) is 53.0 Å². The summed E-state index contributed by atoms with van der Waals surface area (Å²) in [5, 5.41) is 2.92. The number of piperazine rings is 1. The molecule has 2 heterocycles. The van der Waals surface area contributed by atoms with Crippen molar-refractivity contribution in [2.24, 2.45) is 5.73 Å². The molecule has 1 aromatic carbocycles. The van der Waals surface area contributed by atoms with E-state index in [1.807, 2.05) is 0 Å². The SMILES string of the molecule is C[C@@H]1CN(c2ccc(Nc3ncc(C(N)=O)cn3)cc2F)C[C@H](C)N1C. The molecule has 3 rings (SSSR count). The number of rotatable bonds is 4. The Labute approximate surface area is 152 Å². The lowest BCUT2D eigenvalue weighted by atomic mass is 10.1. The summed E-state index contributed by atoms with van der Waals surface area (Å²) in [5.74, 6) is -0.626. The van der Waals surface area contributed by atoms with Gasteiger partial charge in [-0.1, -0.05) is 0 Å². The fourth-order valence-corrected chi connectivity index (χ4v) is 3.09. The highest BCUT2D eigenvalue weighted by molar-refractivity contribution is 5.92. The Balaban J connectivity index is 1.74. The lowest BCUT2D eigenvalue weighted by Crippen LogP contribution is -2.55. The van der Waals surface area contributed by atoms with Gasteiger partial charge >= 0.3 is 0 Å². The number of likely N-dealkylation sites (N-methyl/N-ethyl adjacent to an activating group) is 1. The minimum absolute atomic E-state index is 0.218. The standard InChI is InChI=1S/C18H23FN6O/c1-11-9-25(10-12(2)24(11)3)16-5-4-14(6-15(16)19)23-18-21-7-13(8-22-18)17(20)26/h4-8,11-12H,9-10H2,1-3H3,(H2,20,26)(H,21,22,23)/t11-,12+. The average molecular weight is 358 g/mol. The Morgan fingerprint density at radius 1 is 1.23 bits per heavy atom. The molecule has 138 valence electrons. The second-order valence-electron chi connectivity index (χ2n) is 6.72. The summed E-state index contributed by atoms with van der Waals surface area (Å²) in [4.78, 5) is 23.4. The van der Waals surface area contributed by atoms with Crippen molar-refractivity contribution < 1.29 is 9.18 Å². The van der Waals surface area contributed by atoms with Gasteiger partial charge in [0.15, 0.2) is 0 Å². The van der Waals surface area contributed by atoms with Crippen LogP contribution in [0.1, 0.15) is 24.2 Å². The molecule has 1 aliphatic heterocycles. The van der Waals surface area contributed by atoms with E-state index in [0.717, 1.165) is 13.1 Å². The Hall–Kier alpha value is -2.74. The maximum atomic E-state index is 14.7. The van der Waals surface area contributed by atoms with Crippen molar-refractivity contribution in [1.29, 1.82) is 0 Å². The summed E-state index contributed by atoms with van der Waals surface area (Å²) in [5.41, 5.74) is 6.50. The molecule has 0 spiro atoms. The summed E-state index contributed by atoms with van der Waals surface area (Å²) in [6.07, 6.45) is 2.66. The van der Waals surface area contributed by atoms with Gasteiger partial charge < -0.3 is 16.0 Å². The van der Waals surface area contributed by atoms with Crippen LogP contribution in [0.25, 0.3) is 0 Å². The molecule has 1 saturated heterocycles. The van der Waals surface area contributed by atoms with Crippen molar-refractivity contribution in [3.8, 4) is 0 Å². The number of hydrogen-bond donors (Lipinski definition) is 2. The molecule has 26 heavy (non-hydrogen) atoms. The number of nitrogens with zero attached hydrogens (tertiary/aromatic N) is 4. The number of halogens is 1. The molecular weight excluding hydrogens is 335 g/mol. The van der Waals surface area contributed by atoms with E-state index in [1.165, 1.54) is 18.5 Å². The molecule has 2 aromatic rings. The van der Waals surface area contributed by atoms with Crippen LogP contribution in [-0.2, 0) is 0 Å². The number of carbonyl (C=O) groups excluding carboxylic acids is 1. The third-order valence-corrected chi connectivity index (χ3v) is 4.84. The Bertz CT molecular complexity index is 785. The first-order valence-electron chi connectivity index (χ1n) is 8.50. The first kappa shape index (κ1) is 18.1. The highest BCUT2D eigenvalue weighted by Crippen LogP contribution is 2.27. The number of benzene rings is 1. The second-order valence-corrected chi connectivity index (χ2v) is 6.72. The molecule has 0 aliphatic carbocycles. The third kappa shape index (κ3) is 3.75. The van der Waals surface area contributed by atoms with Crippen molar-refractivity contribution in [2.75, 3.05) is 30.4 Å². The third-order valence-electron chi connectivity index (χ3n) is 4.84. The maximum Gasteiger partial charge on any atom is 0.251 e. The molecule has 0 saturated carbocycles. The lowest BCUT2D eigenvalue weighted by Gasteiger charge is -2.43. The van der Waals surface area contributed by atoms with Gasteiger partial charge in [0.2, 0.25) is 5.95 Å². The molecule has 3 N–H and O–H groups in total. The van der Waals surface area contributed by atoms with Crippen LogP contribution < -0.4 is 16.0 Å². The average Bonchev–Trinajstić information content (AvgIpc) is 2.60. The Kier molecular flexibility index (Phi) is 5.03. The number of primary amides is 1. The molecular formula is C18H23FN6O. The van der Waals surface area contributed by atoms with Crippen LogP contribution in [0.2, 0.25) is 0 Å². The molecule has 7 nitrogen and oxygen atoms in total. The van der Waals surface area contributed by atoms with Crippen LogP contribution >= 0.6 is 0 Å². The molecule has 1 amide bonds. The van der Waals surface area contributed by atoms with Crippen molar-refractivity contribution in [1.82, 2.24) is 14.9 Å². The number of carbonyl (C=O) groups is 1. The topological polar surface area (TPSA) is 87.4 Å². The molecule has 0 unspecified atom stereocenters. The van der Waals surface area contributed by atoms with Crippen molar-refractivity contribution in [3.63, 3.8) is 0 Å². The number of anilines is 3. The fourth-order valence-electron chi connectivity index (χ4n) is 3.09. The number of nitrogens with one attached hydrogen (secondary N) is 1. The molecule has 0 radical (unpaired) electrons. The summed E-state index contributed by atoms with van der Waals surface area (Å²) < 4.78 is 14.7. The summed E-state index contributed by atoms with van der Waals surface area (Å²) >= 11 is 0. The van der Waals surface area contributed by atoms with Crippen molar-refractivity contribution >= 4 is 23.2 Å². The van der Waals surface area contributed by atoms with Gasteiger partial charge in [-0.3, -0.25) is 9.69 Å². The fraction of sp³-hybridized carbons (Fsp3) is 0.389. The van der Waals surface area contributed by atoms with E-state index in [2.05, 4.69) is 46.0 Å². The zero-order valence-corrected chi connectivity index (χ0v) is 15.1. The van der Waals surface area contributed by atoms with Gasteiger partial charge in [-0.25, -0.2) is 14.4 Å². The smallest absolute Gasteiger partial charge is 0.251 e. The first-order valence-corrected chi connectivity index (χ1v) is 8.50. The van der Waals surface area contributed by atoms with E-state index >= 15 is 0 Å². The highest BCUT2D eigenvalue weighted by Gasteiger charge is 2.27. The van der Waals surface area contributed by atoms with Gasteiger partial charge in [-0.15, -0.1) is 0 Å². The molecule has 8 heteroatoms. The molecule has 2 atom stereocenters. The molecule has 1 aromatic heterocycles. The van der Waals surface area contributed by atoms with Crippen molar-refractivity contribution in [2.45, 2.75) is 25.9 Å². The molecule has 1 aliphatic rings. The number of hydrogen-bond acceptors (Lipinski definition) is 6. The van der Waals surface area contributed by atoms with Gasteiger partial charge in [0.05, 0.1) is 11.3 Å². The summed E-state index contributed by atoms with van der Waals surface area (Å²) in [7, 11) is 2.10. The Morgan fingerprint density at radius 3 is 2.38 bits per heavy atom. The highest BCUT2D eigenvalue weighted by atomic mass is 19.1. The molecule has 1 fully saturated rings. The second kappa shape index (κ2) is 7.25.